The lowest BCUT2D eigenvalue weighted by molar-refractivity contribution is 0.0526. The van der Waals surface area contributed by atoms with E-state index in [4.69, 9.17) is 4.74 Å². The van der Waals surface area contributed by atoms with Crippen LogP contribution in [0.25, 0.3) is 0 Å². The molecule has 5 nitrogen and oxygen atoms in total. The van der Waals surface area contributed by atoms with Crippen molar-refractivity contribution in [2.45, 2.75) is 12.1 Å². The molecular formula is C14H13F2N3O2S. The first-order valence-electron chi connectivity index (χ1n) is 6.36. The maximum absolute atomic E-state index is 13.7. The van der Waals surface area contributed by atoms with Crippen LogP contribution in [-0.2, 0) is 4.74 Å². The smallest absolute Gasteiger partial charge is 0.343 e. The van der Waals surface area contributed by atoms with Gasteiger partial charge in [0.1, 0.15) is 28.7 Å². The van der Waals surface area contributed by atoms with E-state index < -0.39 is 17.6 Å². The highest BCUT2D eigenvalue weighted by atomic mass is 32.2. The van der Waals surface area contributed by atoms with E-state index in [1.165, 1.54) is 24.0 Å². The molecule has 0 amide bonds. The first-order chi connectivity index (χ1) is 10.6. The number of nitrogens with zero attached hydrogens (tertiary/aromatic N) is 2. The molecule has 1 heterocycles. The van der Waals surface area contributed by atoms with Gasteiger partial charge in [-0.15, -0.1) is 0 Å². The van der Waals surface area contributed by atoms with Crippen molar-refractivity contribution in [2.24, 2.45) is 0 Å². The lowest BCUT2D eigenvalue weighted by Crippen LogP contribution is -2.11. The SMILES string of the molecule is CCOC(=O)c1cnc(SC)nc1Nc1c(F)cccc1F. The van der Waals surface area contributed by atoms with E-state index in [0.717, 1.165) is 12.1 Å². The average Bonchev–Trinajstić information content (AvgIpc) is 2.51. The minimum absolute atomic E-state index is 0.00213. The van der Waals surface area contributed by atoms with Crippen LogP contribution < -0.4 is 5.32 Å². The number of para-hydroxylation sites is 1. The molecule has 1 aromatic carbocycles. The molecule has 1 aromatic heterocycles. The Morgan fingerprint density at radius 2 is 2.05 bits per heavy atom. The summed E-state index contributed by atoms with van der Waals surface area (Å²) in [5.74, 6) is -2.27. The normalized spacial score (nSPS) is 10.4. The Hall–Kier alpha value is -2.22. The maximum atomic E-state index is 13.7. The average molecular weight is 325 g/mol. The Bertz CT molecular complexity index is 678. The van der Waals surface area contributed by atoms with Gasteiger partial charge in [0.25, 0.3) is 0 Å². The molecule has 0 spiro atoms. The van der Waals surface area contributed by atoms with Crippen molar-refractivity contribution in [3.63, 3.8) is 0 Å². The predicted octanol–water partition coefficient (Wildman–Crippen LogP) is 3.40. The Morgan fingerprint density at radius 3 is 2.64 bits per heavy atom. The molecule has 0 aliphatic carbocycles. The van der Waals surface area contributed by atoms with Gasteiger partial charge in [-0.05, 0) is 25.3 Å². The van der Waals surface area contributed by atoms with E-state index in [2.05, 4.69) is 15.3 Å². The number of benzene rings is 1. The standard InChI is InChI=1S/C14H13F2N3O2S/c1-3-21-13(20)8-7-17-14(22-2)19-12(8)18-11-9(15)5-4-6-10(11)16/h4-7H,3H2,1-2H3,(H,17,18,19). The molecule has 2 aromatic rings. The van der Waals surface area contributed by atoms with Crippen molar-refractivity contribution in [3.8, 4) is 0 Å². The second kappa shape index (κ2) is 7.17. The maximum Gasteiger partial charge on any atom is 0.343 e. The molecule has 1 N–H and O–H groups in total. The number of carbonyl (C=O) groups is 1. The van der Waals surface area contributed by atoms with Crippen LogP contribution in [0.4, 0.5) is 20.3 Å². The molecule has 0 bridgehead atoms. The van der Waals surface area contributed by atoms with Crippen molar-refractivity contribution in [2.75, 3.05) is 18.2 Å². The molecule has 0 saturated heterocycles. The van der Waals surface area contributed by atoms with Crippen molar-refractivity contribution < 1.29 is 18.3 Å². The summed E-state index contributed by atoms with van der Waals surface area (Å²) in [7, 11) is 0. The fourth-order valence-electron chi connectivity index (χ4n) is 1.65. The molecule has 2 rings (SSSR count). The van der Waals surface area contributed by atoms with E-state index in [1.54, 1.807) is 13.2 Å². The third-order valence-corrected chi connectivity index (χ3v) is 3.21. The minimum Gasteiger partial charge on any atom is -0.462 e. The monoisotopic (exact) mass is 325 g/mol. The van der Waals surface area contributed by atoms with Crippen LogP contribution in [0.1, 0.15) is 17.3 Å². The number of anilines is 2. The zero-order valence-corrected chi connectivity index (χ0v) is 12.7. The minimum atomic E-state index is -0.792. The molecule has 0 atom stereocenters. The van der Waals surface area contributed by atoms with Gasteiger partial charge in [0.15, 0.2) is 5.16 Å². The molecule has 0 aliphatic rings. The summed E-state index contributed by atoms with van der Waals surface area (Å²) >= 11 is 1.23. The summed E-state index contributed by atoms with van der Waals surface area (Å²) in [6, 6.07) is 3.45. The van der Waals surface area contributed by atoms with Crippen LogP contribution in [-0.4, -0.2) is 28.8 Å². The van der Waals surface area contributed by atoms with Gasteiger partial charge >= 0.3 is 5.97 Å². The van der Waals surface area contributed by atoms with Crippen LogP contribution in [0.15, 0.2) is 29.6 Å². The lowest BCUT2D eigenvalue weighted by Gasteiger charge is -2.12. The lowest BCUT2D eigenvalue weighted by atomic mass is 10.2. The molecule has 22 heavy (non-hydrogen) atoms. The molecule has 0 aliphatic heterocycles. The highest BCUT2D eigenvalue weighted by Crippen LogP contribution is 2.25. The van der Waals surface area contributed by atoms with Crippen LogP contribution in [0.3, 0.4) is 0 Å². The number of hydrogen-bond acceptors (Lipinski definition) is 6. The molecule has 116 valence electrons. The van der Waals surface area contributed by atoms with E-state index in [0.29, 0.717) is 5.16 Å². The van der Waals surface area contributed by atoms with Gasteiger partial charge in [0, 0.05) is 6.20 Å². The predicted molar refractivity (Wildman–Crippen MR) is 79.4 cm³/mol. The van der Waals surface area contributed by atoms with Gasteiger partial charge < -0.3 is 10.1 Å². The summed E-state index contributed by atoms with van der Waals surface area (Å²) < 4.78 is 32.4. The number of nitrogens with one attached hydrogen (secondary N) is 1. The van der Waals surface area contributed by atoms with E-state index in [-0.39, 0.29) is 23.7 Å². The van der Waals surface area contributed by atoms with Crippen molar-refractivity contribution in [3.05, 3.63) is 41.6 Å². The third-order valence-electron chi connectivity index (χ3n) is 2.65. The van der Waals surface area contributed by atoms with Gasteiger partial charge in [-0.1, -0.05) is 17.8 Å². The molecule has 0 saturated carbocycles. The number of esters is 1. The largest absolute Gasteiger partial charge is 0.462 e. The Balaban J connectivity index is 2.45. The quantitative estimate of drug-likeness (QED) is 0.516. The molecule has 0 fully saturated rings. The summed E-state index contributed by atoms with van der Waals surface area (Å²) in [6.45, 7) is 1.81. The Labute approximate surface area is 130 Å². The number of ether oxygens (including phenoxy) is 1. The van der Waals surface area contributed by atoms with Gasteiger partial charge in [-0.25, -0.2) is 23.5 Å². The molecule has 0 radical (unpaired) electrons. The van der Waals surface area contributed by atoms with Crippen LogP contribution in [0.2, 0.25) is 0 Å². The zero-order valence-electron chi connectivity index (χ0n) is 11.9. The Morgan fingerprint density at radius 1 is 1.36 bits per heavy atom. The van der Waals surface area contributed by atoms with Crippen LogP contribution >= 0.6 is 11.8 Å². The van der Waals surface area contributed by atoms with Crippen molar-refractivity contribution >= 4 is 29.2 Å². The van der Waals surface area contributed by atoms with Gasteiger partial charge in [-0.2, -0.15) is 0 Å². The summed E-state index contributed by atoms with van der Waals surface area (Å²) in [5.41, 5.74) is -0.388. The highest BCUT2D eigenvalue weighted by Gasteiger charge is 2.18. The van der Waals surface area contributed by atoms with E-state index in [9.17, 15) is 13.6 Å². The summed E-state index contributed by atoms with van der Waals surface area (Å²) in [4.78, 5) is 19.9. The summed E-state index contributed by atoms with van der Waals surface area (Å²) in [5, 5.41) is 2.86. The zero-order chi connectivity index (χ0) is 16.1. The first-order valence-corrected chi connectivity index (χ1v) is 7.58. The molecular weight excluding hydrogens is 312 g/mol. The topological polar surface area (TPSA) is 64.1 Å². The van der Waals surface area contributed by atoms with Gasteiger partial charge in [0.2, 0.25) is 0 Å². The second-order valence-electron chi connectivity index (χ2n) is 4.06. The number of thioether (sulfide) groups is 1. The van der Waals surface area contributed by atoms with Crippen LogP contribution in [0, 0.1) is 11.6 Å². The fraction of sp³-hybridized carbons (Fsp3) is 0.214. The summed E-state index contributed by atoms with van der Waals surface area (Å²) in [6.07, 6.45) is 3.00. The number of halogens is 2. The van der Waals surface area contributed by atoms with Gasteiger partial charge in [0.05, 0.1) is 6.61 Å². The van der Waals surface area contributed by atoms with E-state index in [1.807, 2.05) is 0 Å². The van der Waals surface area contributed by atoms with Gasteiger partial charge in [-0.3, -0.25) is 0 Å². The highest BCUT2D eigenvalue weighted by molar-refractivity contribution is 7.98. The number of carbonyl (C=O) groups excluding carboxylic acids is 1. The Kier molecular flexibility index (Phi) is 5.26. The number of aromatic nitrogens is 2. The van der Waals surface area contributed by atoms with Crippen molar-refractivity contribution in [1.29, 1.82) is 0 Å². The number of hydrogen-bond donors (Lipinski definition) is 1. The fourth-order valence-corrected chi connectivity index (χ4v) is 1.99. The third kappa shape index (κ3) is 3.51. The second-order valence-corrected chi connectivity index (χ2v) is 4.83. The number of rotatable bonds is 5. The first kappa shape index (κ1) is 16.2. The van der Waals surface area contributed by atoms with Crippen LogP contribution in [0.5, 0.6) is 0 Å². The van der Waals surface area contributed by atoms with Crippen molar-refractivity contribution in [1.82, 2.24) is 9.97 Å². The van der Waals surface area contributed by atoms with E-state index >= 15 is 0 Å². The molecule has 0 unspecified atom stereocenters. The molecule has 8 heteroatoms.